The molecule has 24 saturated carbocycles. The van der Waals surface area contributed by atoms with Gasteiger partial charge in [-0.3, -0.25) is 0 Å². The summed E-state index contributed by atoms with van der Waals surface area (Å²) in [6.45, 7) is 17.8. The second-order valence-electron chi connectivity index (χ2n) is 46.6. The van der Waals surface area contributed by atoms with Gasteiger partial charge in [0.15, 0.2) is 0 Å². The Labute approximate surface area is 705 Å². The number of alkyl halides is 12. The van der Waals surface area contributed by atoms with Gasteiger partial charge in [-0.25, -0.2) is 52.7 Å². The van der Waals surface area contributed by atoms with Crippen molar-refractivity contribution in [3.63, 3.8) is 0 Å². The van der Waals surface area contributed by atoms with Crippen molar-refractivity contribution in [3.8, 4) is 0 Å². The molecule has 0 spiro atoms. The van der Waals surface area contributed by atoms with Gasteiger partial charge in [0.25, 0.3) is 35.5 Å². The number of rotatable bonds is 33. The first kappa shape index (κ1) is 95.3. The summed E-state index contributed by atoms with van der Waals surface area (Å²) in [6.07, 6.45) is 41.0. The zero-order valence-corrected chi connectivity index (χ0v) is 75.2. The smallest absolute Gasteiger partial charge is 0.268 e. The van der Waals surface area contributed by atoms with Gasteiger partial charge in [0, 0.05) is 82.5 Å². The zero-order chi connectivity index (χ0) is 86.2. The van der Waals surface area contributed by atoms with Crippen LogP contribution < -0.4 is 0 Å². The molecular weight excluding hydrogens is 1560 g/mol. The van der Waals surface area contributed by atoms with Crippen molar-refractivity contribution in [2.24, 2.45) is 109 Å². The van der Waals surface area contributed by atoms with Gasteiger partial charge in [0.2, 0.25) is 0 Å². The highest BCUT2D eigenvalue weighted by atomic mass is 19.3. The van der Waals surface area contributed by atoms with E-state index in [1.165, 1.54) is 89.9 Å². The number of methoxy groups -OCH3 is 3. The van der Waals surface area contributed by atoms with Crippen molar-refractivity contribution in [1.29, 1.82) is 0 Å². The van der Waals surface area contributed by atoms with Crippen LogP contribution in [0.3, 0.4) is 0 Å². The van der Waals surface area contributed by atoms with Gasteiger partial charge in [-0.1, -0.05) is 6.92 Å². The maximum Gasteiger partial charge on any atom is 0.268 e. The fraction of sp³-hybridized carbons (Fsp3) is 1.00. The highest BCUT2D eigenvalue weighted by Crippen LogP contribution is 2.70. The third-order valence-corrected chi connectivity index (χ3v) is 32.4. The second kappa shape index (κ2) is 35.5. The molecule has 24 aliphatic carbocycles. The molecule has 0 aromatic rings. The Balaban J connectivity index is 0.000000124. The van der Waals surface area contributed by atoms with E-state index < -0.39 is 75.2 Å². The molecule has 690 valence electrons. The van der Waals surface area contributed by atoms with Crippen molar-refractivity contribution in [2.75, 3.05) is 114 Å². The van der Waals surface area contributed by atoms with Crippen LogP contribution in [0.15, 0.2) is 0 Å². The van der Waals surface area contributed by atoms with Crippen molar-refractivity contribution >= 4 is 0 Å². The molecule has 14 atom stereocenters. The molecule has 0 heterocycles. The highest BCUT2D eigenvalue weighted by Gasteiger charge is 2.67. The average Bonchev–Trinajstić information content (AvgIpc) is 0.716. The summed E-state index contributed by atoms with van der Waals surface area (Å²) in [5, 5.41) is 0. The van der Waals surface area contributed by atoms with Crippen molar-refractivity contribution in [1.82, 2.24) is 0 Å². The molecule has 0 aliphatic heterocycles. The van der Waals surface area contributed by atoms with E-state index in [0.717, 1.165) is 201 Å². The van der Waals surface area contributed by atoms with E-state index in [1.54, 1.807) is 7.11 Å². The van der Waals surface area contributed by atoms with E-state index in [0.29, 0.717) is 111 Å². The molecule has 0 aromatic heterocycles. The van der Waals surface area contributed by atoms with Crippen molar-refractivity contribution < 1.29 is 110 Å². The standard InChI is InChI=1S/C17H28F2O3.C17H28F2O2.C16H26F2O2.2C15H24F2O2.C15H24F2O/c1-4-22-17-7-13-5-15(9-17,12-21-11-14(2,18)19)8-16(6-13,10-17)20-3;1-12(2)21-17-7-13-4-14(8-17)6-16(5-13,9-17)11-20-10-15(3,18)19;1-3-20-16-7-12-4-13(8-16)6-15(5-12,9-16)11-19-10-14(2,17)18;1-13(16,17)9-19-10-14-4-11-3-12(5-14)7-15(6-11,8-14)18-2;1-14(16,17)8-19-9-15-5-10-3-11(6-15)13(18-2)12(4-10)7-15;1-13-4-11-3-12(5-13)7-15(6-11,8-13)10-18-9-14(2,16)17/h13H,4-12H2,1-3H3;12-14H,4-11H2,1-3H3;12-13H,3-11H2,1-2H3;11-12H,3-10H2,1-2H3;10-13H,3-9H2,1-2H3;11-12H,3-10H2,1-2H3. The van der Waals surface area contributed by atoms with Gasteiger partial charge in [-0.2, -0.15) is 0 Å². The zero-order valence-electron chi connectivity index (χ0n) is 75.2. The Hall–Kier alpha value is -1.32. The van der Waals surface area contributed by atoms with Crippen LogP contribution in [-0.4, -0.2) is 190 Å². The summed E-state index contributed by atoms with van der Waals surface area (Å²) in [5.74, 6) is -7.80. The largest absolute Gasteiger partial charge is 0.381 e. The minimum Gasteiger partial charge on any atom is -0.381 e. The number of ether oxygens (including phenoxy) is 12. The Morgan fingerprint density at radius 3 is 0.916 bits per heavy atom. The minimum atomic E-state index is -2.77. The lowest BCUT2D eigenvalue weighted by atomic mass is 9.45. The molecule has 0 aromatic carbocycles. The molecule has 24 heteroatoms. The van der Waals surface area contributed by atoms with E-state index in [1.807, 2.05) is 21.1 Å². The normalized spacial score (nSPS) is 44.1. The maximum absolute atomic E-state index is 13.0. The maximum atomic E-state index is 13.0. The summed E-state index contributed by atoms with van der Waals surface area (Å²) in [4.78, 5) is 0. The molecule has 12 nitrogen and oxygen atoms in total. The SMILES string of the molecule is CC(C)OC12CC3CC(CC(COCC(C)(F)F)(C3)C1)C2.CC(F)(F)COCC12CC3CC(CC(C)(C3)C1)C2.CCOC12CC3CC(CC(COCC(C)(F)F)(C3)C1)C2.CCOC12CC3CC(COCC(C)(F)F)(CC(OC)(C3)C1)C2.COC12CC3CC(CC(COCC(C)(F)F)(C3)C1)C2.COC1C2CC3CC1CC(COCC(C)(F)F)(C3)C2. The topological polar surface area (TPSA) is 111 Å². The molecule has 24 aliphatic rings. The van der Waals surface area contributed by atoms with Gasteiger partial charge < -0.3 is 56.8 Å². The Morgan fingerprint density at radius 2 is 0.563 bits per heavy atom. The van der Waals surface area contributed by atoms with E-state index in [9.17, 15) is 52.7 Å². The van der Waals surface area contributed by atoms with E-state index >= 15 is 0 Å². The number of hydrogen-bond acceptors (Lipinski definition) is 12. The first-order valence-corrected chi connectivity index (χ1v) is 46.6. The van der Waals surface area contributed by atoms with Crippen LogP contribution in [0.25, 0.3) is 0 Å². The monoisotopic (exact) mass is 1720 g/mol. The fourth-order valence-electron chi connectivity index (χ4n) is 32.7. The van der Waals surface area contributed by atoms with E-state index in [2.05, 4.69) is 27.7 Å². The lowest BCUT2D eigenvalue weighted by Crippen LogP contribution is -2.65. The molecule has 24 fully saturated rings. The lowest BCUT2D eigenvalue weighted by molar-refractivity contribution is -0.264. The van der Waals surface area contributed by atoms with Crippen LogP contribution in [0.5, 0.6) is 0 Å². The van der Waals surface area contributed by atoms with E-state index in [-0.39, 0.29) is 66.6 Å². The fourth-order valence-corrected chi connectivity index (χ4v) is 32.7. The van der Waals surface area contributed by atoms with Crippen LogP contribution in [0.4, 0.5) is 52.7 Å². The van der Waals surface area contributed by atoms with Crippen LogP contribution >= 0.6 is 0 Å². The summed E-state index contributed by atoms with van der Waals surface area (Å²) in [5.41, 5.74) is 0.851. The average molecular weight is 1720 g/mol. The molecule has 0 radical (unpaired) electrons. The third-order valence-electron chi connectivity index (χ3n) is 32.4. The summed E-state index contributed by atoms with van der Waals surface area (Å²) in [6, 6.07) is 0. The first-order chi connectivity index (χ1) is 55.3. The highest BCUT2D eigenvalue weighted by molar-refractivity contribution is 5.17. The van der Waals surface area contributed by atoms with Crippen LogP contribution in [0.2, 0.25) is 0 Å². The van der Waals surface area contributed by atoms with Crippen LogP contribution in [-0.2, 0) is 56.8 Å². The molecule has 0 saturated heterocycles. The number of hydrogen-bond donors (Lipinski definition) is 0. The van der Waals surface area contributed by atoms with Crippen LogP contribution in [0, 0.1) is 109 Å². The molecule has 119 heavy (non-hydrogen) atoms. The van der Waals surface area contributed by atoms with Crippen molar-refractivity contribution in [2.45, 2.75) is 377 Å². The summed E-state index contributed by atoms with van der Waals surface area (Å²) >= 11 is 0. The molecule has 14 unspecified atom stereocenters. The molecule has 24 bridgehead atoms. The third kappa shape index (κ3) is 24.2. The Morgan fingerprint density at radius 1 is 0.286 bits per heavy atom. The van der Waals surface area contributed by atoms with Gasteiger partial charge in [-0.15, -0.1) is 0 Å². The van der Waals surface area contributed by atoms with Gasteiger partial charge in [0.1, 0.15) is 39.6 Å². The predicted octanol–water partition coefficient (Wildman–Crippen LogP) is 23.7. The first-order valence-electron chi connectivity index (χ1n) is 46.6. The summed E-state index contributed by atoms with van der Waals surface area (Å²) < 4.78 is 223. The second-order valence-corrected chi connectivity index (χ2v) is 46.6. The Bertz CT molecular complexity index is 3210. The van der Waals surface area contributed by atoms with Crippen LogP contribution in [0.1, 0.15) is 301 Å². The summed E-state index contributed by atoms with van der Waals surface area (Å²) in [7, 11) is 5.40. The molecule has 0 amide bonds. The quantitative estimate of drug-likeness (QED) is 0.0584. The molecular formula is C95H154F12O12. The van der Waals surface area contributed by atoms with Gasteiger partial charge in [-0.05, 0) is 355 Å². The minimum absolute atomic E-state index is 0.00363. The van der Waals surface area contributed by atoms with Gasteiger partial charge >= 0.3 is 0 Å². The van der Waals surface area contributed by atoms with Crippen molar-refractivity contribution in [3.05, 3.63) is 0 Å². The lowest BCUT2D eigenvalue weighted by Gasteiger charge is -2.65. The molecule has 24 rings (SSSR count). The Kier molecular flexibility index (Phi) is 28.4. The number of halogens is 12. The molecule has 0 N–H and O–H groups in total. The van der Waals surface area contributed by atoms with E-state index in [4.69, 9.17) is 56.8 Å². The van der Waals surface area contributed by atoms with Gasteiger partial charge in [0.05, 0.1) is 79.9 Å². The predicted molar refractivity (Wildman–Crippen MR) is 433 cm³/mol.